The van der Waals surface area contributed by atoms with Gasteiger partial charge in [-0.15, -0.1) is 0 Å². The minimum absolute atomic E-state index is 0.267. The lowest BCUT2D eigenvalue weighted by Crippen LogP contribution is -2.28. The number of nitrogens with one attached hydrogen (secondary N) is 1. The van der Waals surface area contributed by atoms with Gasteiger partial charge in [0.2, 0.25) is 0 Å². The van der Waals surface area contributed by atoms with E-state index in [0.29, 0.717) is 6.61 Å². The summed E-state index contributed by atoms with van der Waals surface area (Å²) in [5, 5.41) is 8.87. The van der Waals surface area contributed by atoms with Gasteiger partial charge in [0.05, 0.1) is 0 Å². The van der Waals surface area contributed by atoms with Crippen molar-refractivity contribution in [2.24, 2.45) is 0 Å². The maximum Gasteiger partial charge on any atom is 0.326 e. The van der Waals surface area contributed by atoms with Gasteiger partial charge >= 0.3 is 11.7 Å². The lowest BCUT2D eigenvalue weighted by Gasteiger charge is -2.11. The zero-order valence-corrected chi connectivity index (χ0v) is 7.77. The van der Waals surface area contributed by atoms with Crippen LogP contribution in [-0.4, -0.2) is 34.3 Å². The number of aliphatic carboxylic acids is 1. The number of rotatable bonds is 5. The molecule has 0 aromatic carbocycles. The smallest absolute Gasteiger partial charge is 0.326 e. The zero-order chi connectivity index (χ0) is 10.6. The van der Waals surface area contributed by atoms with Crippen LogP contribution in [0.25, 0.3) is 0 Å². The SMILES string of the molecule is COCCC(C(=O)O)n1cc[nH]c1=O. The van der Waals surface area contributed by atoms with Crippen molar-refractivity contribution in [2.75, 3.05) is 13.7 Å². The third-order valence-electron chi connectivity index (χ3n) is 1.89. The minimum Gasteiger partial charge on any atom is -0.480 e. The van der Waals surface area contributed by atoms with E-state index < -0.39 is 17.7 Å². The predicted octanol–water partition coefficient (Wildman–Crippen LogP) is -0.161. The van der Waals surface area contributed by atoms with Crippen LogP contribution in [0.2, 0.25) is 0 Å². The number of aromatic nitrogens is 2. The highest BCUT2D eigenvalue weighted by Gasteiger charge is 2.20. The standard InChI is InChI=1S/C8H12N2O4/c1-14-5-2-6(7(11)12)10-4-3-9-8(10)13/h3-4,6H,2,5H2,1H3,(H,9,13)(H,11,12). The molecule has 0 saturated heterocycles. The van der Waals surface area contributed by atoms with Crippen LogP contribution in [0.5, 0.6) is 0 Å². The summed E-state index contributed by atoms with van der Waals surface area (Å²) in [7, 11) is 1.48. The minimum atomic E-state index is -1.04. The summed E-state index contributed by atoms with van der Waals surface area (Å²) in [5.74, 6) is -1.04. The van der Waals surface area contributed by atoms with Gasteiger partial charge in [0, 0.05) is 32.5 Å². The van der Waals surface area contributed by atoms with Crippen LogP contribution in [0, 0.1) is 0 Å². The van der Waals surface area contributed by atoms with Crippen LogP contribution in [0.1, 0.15) is 12.5 Å². The molecule has 0 bridgehead atoms. The molecule has 0 amide bonds. The summed E-state index contributed by atoms with van der Waals surface area (Å²) in [4.78, 5) is 24.3. The number of carbonyl (C=O) groups is 1. The topological polar surface area (TPSA) is 84.3 Å². The van der Waals surface area contributed by atoms with Crippen molar-refractivity contribution in [3.63, 3.8) is 0 Å². The van der Waals surface area contributed by atoms with Gasteiger partial charge in [-0.25, -0.2) is 9.59 Å². The van der Waals surface area contributed by atoms with E-state index in [-0.39, 0.29) is 6.42 Å². The van der Waals surface area contributed by atoms with Gasteiger partial charge in [0.25, 0.3) is 0 Å². The summed E-state index contributed by atoms with van der Waals surface area (Å²) in [6.45, 7) is 0.300. The number of carboxylic acid groups (broad SMARTS) is 1. The maximum atomic E-state index is 11.1. The number of hydrogen-bond donors (Lipinski definition) is 2. The normalized spacial score (nSPS) is 12.6. The fourth-order valence-corrected chi connectivity index (χ4v) is 1.19. The Morgan fingerprint density at radius 2 is 2.50 bits per heavy atom. The average molecular weight is 200 g/mol. The van der Waals surface area contributed by atoms with Crippen molar-refractivity contribution in [1.29, 1.82) is 0 Å². The van der Waals surface area contributed by atoms with Crippen molar-refractivity contribution in [1.82, 2.24) is 9.55 Å². The first-order valence-electron chi connectivity index (χ1n) is 4.14. The van der Waals surface area contributed by atoms with Crippen molar-refractivity contribution in [3.8, 4) is 0 Å². The molecule has 1 atom stereocenters. The van der Waals surface area contributed by atoms with Crippen molar-refractivity contribution in [3.05, 3.63) is 22.9 Å². The number of methoxy groups -OCH3 is 1. The summed E-state index contributed by atoms with van der Waals surface area (Å²) in [6, 6.07) is -0.867. The highest BCUT2D eigenvalue weighted by atomic mass is 16.5. The molecule has 6 heteroatoms. The van der Waals surface area contributed by atoms with Crippen molar-refractivity contribution < 1.29 is 14.6 Å². The van der Waals surface area contributed by atoms with E-state index in [1.165, 1.54) is 19.5 Å². The first-order valence-corrected chi connectivity index (χ1v) is 4.14. The molecular formula is C8H12N2O4. The van der Waals surface area contributed by atoms with E-state index in [9.17, 15) is 9.59 Å². The molecule has 14 heavy (non-hydrogen) atoms. The van der Waals surface area contributed by atoms with Crippen LogP contribution in [0.15, 0.2) is 17.2 Å². The maximum absolute atomic E-state index is 11.1. The van der Waals surface area contributed by atoms with Gasteiger partial charge < -0.3 is 14.8 Å². The van der Waals surface area contributed by atoms with Crippen LogP contribution in [-0.2, 0) is 9.53 Å². The summed E-state index contributed by atoms with van der Waals surface area (Å²) in [5.41, 5.74) is -0.423. The third kappa shape index (κ3) is 2.23. The number of ether oxygens (including phenoxy) is 1. The molecule has 0 aliphatic rings. The Morgan fingerprint density at radius 1 is 1.79 bits per heavy atom. The molecule has 1 unspecified atom stereocenters. The second-order valence-corrected chi connectivity index (χ2v) is 2.81. The number of H-pyrrole nitrogens is 1. The molecule has 1 aromatic rings. The highest BCUT2D eigenvalue weighted by molar-refractivity contribution is 5.71. The van der Waals surface area contributed by atoms with Crippen LogP contribution in [0.3, 0.4) is 0 Å². The van der Waals surface area contributed by atoms with Crippen molar-refractivity contribution >= 4 is 5.97 Å². The average Bonchev–Trinajstić information content (AvgIpc) is 2.52. The molecule has 78 valence electrons. The Morgan fingerprint density at radius 3 is 2.93 bits per heavy atom. The van der Waals surface area contributed by atoms with Gasteiger partial charge in [-0.2, -0.15) is 0 Å². The molecule has 1 rings (SSSR count). The van der Waals surface area contributed by atoms with Gasteiger partial charge in [-0.05, 0) is 0 Å². The van der Waals surface area contributed by atoms with Crippen molar-refractivity contribution in [2.45, 2.75) is 12.5 Å². The molecule has 6 nitrogen and oxygen atoms in total. The monoisotopic (exact) mass is 200 g/mol. The lowest BCUT2D eigenvalue weighted by molar-refractivity contribution is -0.141. The lowest BCUT2D eigenvalue weighted by atomic mass is 10.2. The first-order chi connectivity index (χ1) is 6.66. The quantitative estimate of drug-likeness (QED) is 0.691. The van der Waals surface area contributed by atoms with Gasteiger partial charge in [-0.3, -0.25) is 4.57 Å². The van der Waals surface area contributed by atoms with E-state index >= 15 is 0 Å². The molecule has 0 aliphatic carbocycles. The number of imidazole rings is 1. The molecular weight excluding hydrogens is 188 g/mol. The second-order valence-electron chi connectivity index (χ2n) is 2.81. The molecule has 1 aromatic heterocycles. The number of aromatic amines is 1. The van der Waals surface area contributed by atoms with Crippen LogP contribution >= 0.6 is 0 Å². The van der Waals surface area contributed by atoms with Gasteiger partial charge in [-0.1, -0.05) is 0 Å². The Balaban J connectivity index is 2.83. The molecule has 0 fully saturated rings. The fraction of sp³-hybridized carbons (Fsp3) is 0.500. The van der Waals surface area contributed by atoms with E-state index in [1.54, 1.807) is 0 Å². The van der Waals surface area contributed by atoms with E-state index in [1.807, 2.05) is 0 Å². The Bertz CT molecular complexity index is 354. The first kappa shape index (κ1) is 10.5. The summed E-state index contributed by atoms with van der Waals surface area (Å²) >= 11 is 0. The van der Waals surface area contributed by atoms with Crippen LogP contribution in [0.4, 0.5) is 0 Å². The number of hydrogen-bond acceptors (Lipinski definition) is 3. The summed E-state index contributed by atoms with van der Waals surface area (Å²) in [6.07, 6.45) is 3.09. The third-order valence-corrected chi connectivity index (χ3v) is 1.89. The van der Waals surface area contributed by atoms with E-state index in [0.717, 1.165) is 4.57 Å². The predicted molar refractivity (Wildman–Crippen MR) is 48.2 cm³/mol. The largest absolute Gasteiger partial charge is 0.480 e. The highest BCUT2D eigenvalue weighted by Crippen LogP contribution is 2.08. The zero-order valence-electron chi connectivity index (χ0n) is 7.77. The molecule has 1 heterocycles. The molecule has 0 spiro atoms. The van der Waals surface area contributed by atoms with Crippen LogP contribution < -0.4 is 5.69 Å². The molecule has 0 saturated carbocycles. The Kier molecular flexibility index (Phi) is 3.47. The molecule has 2 N–H and O–H groups in total. The molecule has 0 radical (unpaired) electrons. The van der Waals surface area contributed by atoms with E-state index in [4.69, 9.17) is 9.84 Å². The Hall–Kier alpha value is -1.56. The number of nitrogens with zero attached hydrogens (tertiary/aromatic N) is 1. The second kappa shape index (κ2) is 4.61. The summed E-state index contributed by atoms with van der Waals surface area (Å²) < 4.78 is 5.91. The molecule has 0 aliphatic heterocycles. The fourth-order valence-electron chi connectivity index (χ4n) is 1.19. The Labute approximate surface area is 80.1 Å². The van der Waals surface area contributed by atoms with Gasteiger partial charge in [0.1, 0.15) is 6.04 Å². The van der Waals surface area contributed by atoms with Gasteiger partial charge in [0.15, 0.2) is 0 Å². The number of carboxylic acids is 1. The van der Waals surface area contributed by atoms with E-state index in [2.05, 4.69) is 4.98 Å².